The number of fused-ring (bicyclic) bond motifs is 1. The number of nitrogens with one attached hydrogen (secondary N) is 1. The molecule has 6 nitrogen and oxygen atoms in total. The van der Waals surface area contributed by atoms with Crippen LogP contribution in [-0.2, 0) is 6.18 Å². The maximum Gasteiger partial charge on any atom is 0.433 e. The zero-order chi connectivity index (χ0) is 17.5. The van der Waals surface area contributed by atoms with E-state index in [-0.39, 0.29) is 22.6 Å². The van der Waals surface area contributed by atoms with Gasteiger partial charge >= 0.3 is 6.18 Å². The second-order valence-electron chi connectivity index (χ2n) is 4.80. The van der Waals surface area contributed by atoms with E-state index in [9.17, 15) is 22.4 Å². The van der Waals surface area contributed by atoms with E-state index in [4.69, 9.17) is 5.84 Å². The Labute approximate surface area is 131 Å². The molecule has 0 aliphatic heterocycles. The fraction of sp³-hybridized carbons (Fsp3) is 0.0714. The molecule has 3 rings (SSSR count). The molecule has 124 valence electrons. The van der Waals surface area contributed by atoms with Crippen LogP contribution >= 0.6 is 0 Å². The van der Waals surface area contributed by atoms with E-state index in [0.29, 0.717) is 4.52 Å². The normalized spacial score (nSPS) is 11.7. The first kappa shape index (κ1) is 15.9. The molecule has 0 fully saturated rings. The highest BCUT2D eigenvalue weighted by Crippen LogP contribution is 2.32. The summed E-state index contributed by atoms with van der Waals surface area (Å²) in [5.74, 6) is 3.58. The standard InChI is InChI=1S/C14H9F4N5O/c15-8-3-1-7(2-4-8)9-5-11(14(16,17)18)23-12(20-9)6-10(22-23)13(24)21-19/h1-6H,19H2,(H,21,24). The lowest BCUT2D eigenvalue weighted by Crippen LogP contribution is -2.30. The third kappa shape index (κ3) is 2.78. The van der Waals surface area contributed by atoms with Gasteiger partial charge in [-0.3, -0.25) is 10.2 Å². The molecule has 0 bridgehead atoms. The maximum atomic E-state index is 13.3. The van der Waals surface area contributed by atoms with Gasteiger partial charge in [0.25, 0.3) is 5.91 Å². The Hall–Kier alpha value is -3.01. The Balaban J connectivity index is 2.25. The van der Waals surface area contributed by atoms with Gasteiger partial charge in [0.05, 0.1) is 5.69 Å². The van der Waals surface area contributed by atoms with E-state index in [1.807, 2.05) is 0 Å². The van der Waals surface area contributed by atoms with Gasteiger partial charge < -0.3 is 0 Å². The van der Waals surface area contributed by atoms with Gasteiger partial charge in [0.2, 0.25) is 0 Å². The van der Waals surface area contributed by atoms with E-state index < -0.39 is 23.6 Å². The molecule has 0 saturated carbocycles. The van der Waals surface area contributed by atoms with Gasteiger partial charge in [-0.1, -0.05) is 0 Å². The van der Waals surface area contributed by atoms with Crippen molar-refractivity contribution >= 4 is 11.6 Å². The predicted molar refractivity (Wildman–Crippen MR) is 75.0 cm³/mol. The van der Waals surface area contributed by atoms with Crippen molar-refractivity contribution in [3.8, 4) is 11.3 Å². The van der Waals surface area contributed by atoms with Gasteiger partial charge in [-0.05, 0) is 30.3 Å². The van der Waals surface area contributed by atoms with Crippen molar-refractivity contribution in [2.75, 3.05) is 0 Å². The zero-order valence-corrected chi connectivity index (χ0v) is 11.8. The van der Waals surface area contributed by atoms with E-state index in [2.05, 4.69) is 10.1 Å². The number of hydrogen-bond acceptors (Lipinski definition) is 4. The van der Waals surface area contributed by atoms with Crippen molar-refractivity contribution in [1.82, 2.24) is 20.0 Å². The largest absolute Gasteiger partial charge is 0.433 e. The number of nitrogen functional groups attached to an aromatic ring is 1. The van der Waals surface area contributed by atoms with Crippen molar-refractivity contribution in [2.24, 2.45) is 5.84 Å². The summed E-state index contributed by atoms with van der Waals surface area (Å²) < 4.78 is 53.4. The van der Waals surface area contributed by atoms with Crippen LogP contribution in [0.4, 0.5) is 17.6 Å². The van der Waals surface area contributed by atoms with Gasteiger partial charge in [0, 0.05) is 11.6 Å². The monoisotopic (exact) mass is 339 g/mol. The molecule has 24 heavy (non-hydrogen) atoms. The molecular weight excluding hydrogens is 330 g/mol. The third-order valence-corrected chi connectivity index (χ3v) is 3.22. The summed E-state index contributed by atoms with van der Waals surface area (Å²) in [5, 5.41) is 3.58. The molecule has 0 atom stereocenters. The van der Waals surface area contributed by atoms with Gasteiger partial charge in [-0.25, -0.2) is 19.7 Å². The number of hydrogen-bond donors (Lipinski definition) is 2. The number of nitrogens with zero attached hydrogens (tertiary/aromatic N) is 3. The molecule has 2 aromatic heterocycles. The lowest BCUT2D eigenvalue weighted by molar-refractivity contribution is -0.142. The molecule has 1 amide bonds. The number of hydrazine groups is 1. The topological polar surface area (TPSA) is 85.3 Å². The average molecular weight is 339 g/mol. The number of nitrogens with two attached hydrogens (primary N) is 1. The minimum atomic E-state index is -4.74. The predicted octanol–water partition coefficient (Wildman–Crippen LogP) is 2.16. The first-order chi connectivity index (χ1) is 11.3. The molecule has 3 aromatic rings. The number of carbonyl (C=O) groups is 1. The van der Waals surface area contributed by atoms with Crippen molar-refractivity contribution in [3.05, 3.63) is 53.6 Å². The number of halogens is 4. The van der Waals surface area contributed by atoms with Crippen LogP contribution in [-0.4, -0.2) is 20.5 Å². The summed E-state index contributed by atoms with van der Waals surface area (Å²) in [6, 6.07) is 6.68. The Morgan fingerprint density at radius 1 is 1.17 bits per heavy atom. The van der Waals surface area contributed by atoms with Gasteiger partial charge in [-0.15, -0.1) is 0 Å². The SMILES string of the molecule is NNC(=O)c1cc2nc(-c3ccc(F)cc3)cc(C(F)(F)F)n2n1. The smallest absolute Gasteiger partial charge is 0.289 e. The molecule has 0 aliphatic carbocycles. The fourth-order valence-electron chi connectivity index (χ4n) is 2.13. The van der Waals surface area contributed by atoms with Crippen molar-refractivity contribution in [1.29, 1.82) is 0 Å². The molecule has 0 unspecified atom stereocenters. The lowest BCUT2D eigenvalue weighted by Gasteiger charge is -2.11. The van der Waals surface area contributed by atoms with Crippen LogP contribution in [0.1, 0.15) is 16.2 Å². The minimum absolute atomic E-state index is 0.0329. The number of benzene rings is 1. The summed E-state index contributed by atoms with van der Waals surface area (Å²) in [5.41, 5.74) is 0.415. The quantitative estimate of drug-likeness (QED) is 0.324. The van der Waals surface area contributed by atoms with Gasteiger partial charge in [0.1, 0.15) is 5.82 Å². The van der Waals surface area contributed by atoms with Crippen LogP contribution in [0.15, 0.2) is 36.4 Å². The molecule has 0 aliphatic rings. The molecule has 0 radical (unpaired) electrons. The van der Waals surface area contributed by atoms with Crippen LogP contribution in [0, 0.1) is 5.82 Å². The summed E-state index contributed by atoms with van der Waals surface area (Å²) in [6.07, 6.45) is -4.74. The molecule has 1 aromatic carbocycles. The number of carbonyl (C=O) groups excluding carboxylic acids is 1. The highest BCUT2D eigenvalue weighted by Gasteiger charge is 2.35. The number of aromatic nitrogens is 3. The third-order valence-electron chi connectivity index (χ3n) is 3.22. The Morgan fingerprint density at radius 2 is 1.83 bits per heavy atom. The Morgan fingerprint density at radius 3 is 2.42 bits per heavy atom. The first-order valence-electron chi connectivity index (χ1n) is 6.54. The molecular formula is C14H9F4N5O. The maximum absolute atomic E-state index is 13.3. The zero-order valence-electron chi connectivity index (χ0n) is 11.8. The van der Waals surface area contributed by atoms with Crippen LogP contribution in [0.2, 0.25) is 0 Å². The molecule has 0 saturated heterocycles. The number of amides is 1. The second kappa shape index (κ2) is 5.57. The highest BCUT2D eigenvalue weighted by atomic mass is 19.4. The van der Waals surface area contributed by atoms with E-state index in [1.54, 1.807) is 5.43 Å². The molecule has 10 heteroatoms. The second-order valence-corrected chi connectivity index (χ2v) is 4.80. The molecule has 2 heterocycles. The van der Waals surface area contributed by atoms with Crippen LogP contribution in [0.25, 0.3) is 16.9 Å². The van der Waals surface area contributed by atoms with Crippen molar-refractivity contribution < 1.29 is 22.4 Å². The van der Waals surface area contributed by atoms with Crippen molar-refractivity contribution in [2.45, 2.75) is 6.18 Å². The highest BCUT2D eigenvalue weighted by molar-refractivity contribution is 5.92. The Kier molecular flexibility index (Phi) is 3.68. The van der Waals surface area contributed by atoms with Crippen LogP contribution in [0.3, 0.4) is 0 Å². The van der Waals surface area contributed by atoms with Crippen molar-refractivity contribution in [3.63, 3.8) is 0 Å². The summed E-state index contributed by atoms with van der Waals surface area (Å²) in [6.45, 7) is 0. The summed E-state index contributed by atoms with van der Waals surface area (Å²) in [4.78, 5) is 15.5. The van der Waals surface area contributed by atoms with Crippen LogP contribution in [0.5, 0.6) is 0 Å². The van der Waals surface area contributed by atoms with Gasteiger partial charge in [0.15, 0.2) is 17.0 Å². The van der Waals surface area contributed by atoms with E-state index in [0.717, 1.165) is 24.3 Å². The Bertz CT molecular complexity index is 917. The first-order valence-corrected chi connectivity index (χ1v) is 6.54. The molecule has 3 N–H and O–H groups in total. The minimum Gasteiger partial charge on any atom is -0.289 e. The lowest BCUT2D eigenvalue weighted by atomic mass is 10.1. The number of alkyl halides is 3. The fourth-order valence-corrected chi connectivity index (χ4v) is 2.13. The average Bonchev–Trinajstić information content (AvgIpc) is 2.96. The molecule has 0 spiro atoms. The number of rotatable bonds is 2. The summed E-state index contributed by atoms with van der Waals surface area (Å²) >= 11 is 0. The van der Waals surface area contributed by atoms with Crippen LogP contribution < -0.4 is 11.3 Å². The summed E-state index contributed by atoms with van der Waals surface area (Å²) in [7, 11) is 0. The van der Waals surface area contributed by atoms with E-state index >= 15 is 0 Å². The van der Waals surface area contributed by atoms with E-state index in [1.165, 1.54) is 12.1 Å². The van der Waals surface area contributed by atoms with Gasteiger partial charge in [-0.2, -0.15) is 18.3 Å².